The van der Waals surface area contributed by atoms with Crippen molar-refractivity contribution in [3.05, 3.63) is 29.6 Å². The predicted molar refractivity (Wildman–Crippen MR) is 59.9 cm³/mol. The van der Waals surface area contributed by atoms with Crippen molar-refractivity contribution in [2.45, 2.75) is 13.0 Å². The Balaban J connectivity index is 2.52. The highest BCUT2D eigenvalue weighted by atomic mass is 19.1. The van der Waals surface area contributed by atoms with Crippen molar-refractivity contribution in [3.63, 3.8) is 0 Å². The number of ether oxygens (including phenoxy) is 2. The normalized spacial score (nSPS) is 11.6. The van der Waals surface area contributed by atoms with E-state index in [1.165, 1.54) is 6.07 Å². The van der Waals surface area contributed by atoms with Crippen LogP contribution in [-0.4, -0.2) is 30.4 Å². The third-order valence-corrected chi connectivity index (χ3v) is 2.02. The van der Waals surface area contributed by atoms with E-state index < -0.39 is 17.9 Å². The van der Waals surface area contributed by atoms with Crippen LogP contribution in [-0.2, 0) is 4.74 Å². The number of hydrogen-bond acceptors (Lipinski definition) is 4. The number of rotatable bonds is 6. The molecule has 1 aromatic carbocycles. The molecule has 1 unspecified atom stereocenters. The summed E-state index contributed by atoms with van der Waals surface area (Å²) >= 11 is 0. The van der Waals surface area contributed by atoms with Crippen molar-refractivity contribution in [2.75, 3.05) is 13.2 Å². The Morgan fingerprint density at radius 2 is 2.22 bits per heavy atom. The monoisotopic (exact) mass is 253 g/mol. The first-order valence-corrected chi connectivity index (χ1v) is 5.21. The van der Waals surface area contributed by atoms with Crippen LogP contribution in [0.3, 0.4) is 0 Å². The summed E-state index contributed by atoms with van der Waals surface area (Å²) in [6, 6.07) is 5.09. The lowest BCUT2D eigenvalue weighted by Crippen LogP contribution is -2.12. The van der Waals surface area contributed by atoms with Crippen LogP contribution in [0.25, 0.3) is 0 Å². The zero-order chi connectivity index (χ0) is 13.5. The minimum Gasteiger partial charge on any atom is -0.491 e. The molecule has 0 saturated carbocycles. The van der Waals surface area contributed by atoms with Gasteiger partial charge in [0.15, 0.2) is 0 Å². The molecule has 0 fully saturated rings. The summed E-state index contributed by atoms with van der Waals surface area (Å²) < 4.78 is 23.2. The Hall–Kier alpha value is -2.13. The van der Waals surface area contributed by atoms with E-state index in [1.807, 2.05) is 6.07 Å². The van der Waals surface area contributed by atoms with Gasteiger partial charge in [-0.05, 0) is 19.1 Å². The fourth-order valence-electron chi connectivity index (χ4n) is 1.19. The van der Waals surface area contributed by atoms with Crippen LogP contribution in [0.2, 0.25) is 0 Å². The fraction of sp³-hybridized carbons (Fsp3) is 0.333. The topological polar surface area (TPSA) is 79.5 Å². The molecule has 1 rings (SSSR count). The molecule has 1 N–H and O–H groups in total. The number of nitrogens with zero attached hydrogens (tertiary/aromatic N) is 1. The molecule has 0 heterocycles. The van der Waals surface area contributed by atoms with E-state index in [0.29, 0.717) is 0 Å². The quantitative estimate of drug-likeness (QED) is 0.782. The first-order chi connectivity index (χ1) is 8.52. The lowest BCUT2D eigenvalue weighted by Gasteiger charge is -2.08. The molecule has 1 atom stereocenters. The maximum Gasteiger partial charge on any atom is 0.335 e. The van der Waals surface area contributed by atoms with Gasteiger partial charge < -0.3 is 14.6 Å². The number of carbonyl (C=O) groups is 1. The summed E-state index contributed by atoms with van der Waals surface area (Å²) in [5.41, 5.74) is -0.184. The molecule has 6 heteroatoms. The van der Waals surface area contributed by atoms with Gasteiger partial charge in [-0.25, -0.2) is 9.18 Å². The van der Waals surface area contributed by atoms with Crippen LogP contribution in [0.1, 0.15) is 17.3 Å². The van der Waals surface area contributed by atoms with Gasteiger partial charge in [0.2, 0.25) is 0 Å². The van der Waals surface area contributed by atoms with E-state index in [2.05, 4.69) is 0 Å². The standard InChI is InChI=1S/C12H12FNO4/c1-8(7-14)17-2-3-18-11-5-9(12(15)16)4-10(13)6-11/h4-6,8H,2-3H2,1H3,(H,15,16). The predicted octanol–water partition coefficient (Wildman–Crippen LogP) is 1.83. The van der Waals surface area contributed by atoms with E-state index >= 15 is 0 Å². The van der Waals surface area contributed by atoms with Gasteiger partial charge in [-0.15, -0.1) is 0 Å². The summed E-state index contributed by atoms with van der Waals surface area (Å²) in [7, 11) is 0. The Morgan fingerprint density at radius 1 is 1.50 bits per heavy atom. The van der Waals surface area contributed by atoms with Crippen molar-refractivity contribution in [3.8, 4) is 11.8 Å². The van der Waals surface area contributed by atoms with Crippen LogP contribution in [0.5, 0.6) is 5.75 Å². The molecular weight excluding hydrogens is 241 g/mol. The van der Waals surface area contributed by atoms with E-state index in [0.717, 1.165) is 12.1 Å². The third kappa shape index (κ3) is 4.39. The van der Waals surface area contributed by atoms with Crippen molar-refractivity contribution >= 4 is 5.97 Å². The molecule has 0 spiro atoms. The molecule has 96 valence electrons. The lowest BCUT2D eigenvalue weighted by atomic mass is 10.2. The summed E-state index contributed by atoms with van der Waals surface area (Å²) in [6.07, 6.45) is -0.546. The molecular formula is C12H12FNO4. The second-order valence-corrected chi connectivity index (χ2v) is 3.47. The Morgan fingerprint density at radius 3 is 2.83 bits per heavy atom. The van der Waals surface area contributed by atoms with Crippen molar-refractivity contribution < 1.29 is 23.8 Å². The summed E-state index contributed by atoms with van der Waals surface area (Å²) in [5.74, 6) is -1.80. The molecule has 0 radical (unpaired) electrons. The number of aromatic carboxylic acids is 1. The van der Waals surface area contributed by atoms with E-state index in [-0.39, 0.29) is 24.5 Å². The van der Waals surface area contributed by atoms with Gasteiger partial charge >= 0.3 is 5.97 Å². The van der Waals surface area contributed by atoms with Gasteiger partial charge in [0.05, 0.1) is 18.2 Å². The first-order valence-electron chi connectivity index (χ1n) is 5.21. The molecule has 0 amide bonds. The summed E-state index contributed by atoms with van der Waals surface area (Å²) in [5, 5.41) is 17.2. The zero-order valence-electron chi connectivity index (χ0n) is 9.72. The average molecular weight is 253 g/mol. The smallest absolute Gasteiger partial charge is 0.335 e. The van der Waals surface area contributed by atoms with Gasteiger partial charge in [-0.3, -0.25) is 0 Å². The Labute approximate surface area is 103 Å². The summed E-state index contributed by atoms with van der Waals surface area (Å²) in [4.78, 5) is 10.7. The molecule has 0 aromatic heterocycles. The minimum absolute atomic E-state index is 0.106. The number of hydrogen-bond donors (Lipinski definition) is 1. The maximum absolute atomic E-state index is 13.1. The summed E-state index contributed by atoms with van der Waals surface area (Å²) in [6.45, 7) is 1.85. The Bertz CT molecular complexity index is 470. The van der Waals surface area contributed by atoms with Gasteiger partial charge in [0.1, 0.15) is 24.3 Å². The number of nitriles is 1. The minimum atomic E-state index is -1.23. The highest BCUT2D eigenvalue weighted by molar-refractivity contribution is 5.88. The second-order valence-electron chi connectivity index (χ2n) is 3.47. The van der Waals surface area contributed by atoms with Gasteiger partial charge in [-0.1, -0.05) is 0 Å². The van der Waals surface area contributed by atoms with Crippen LogP contribution in [0.15, 0.2) is 18.2 Å². The number of carboxylic acid groups (broad SMARTS) is 1. The largest absolute Gasteiger partial charge is 0.491 e. The molecule has 0 aliphatic rings. The number of carboxylic acids is 1. The molecule has 1 aromatic rings. The molecule has 0 saturated heterocycles. The molecule has 0 aliphatic heterocycles. The van der Waals surface area contributed by atoms with Gasteiger partial charge in [0.25, 0.3) is 0 Å². The van der Waals surface area contributed by atoms with E-state index in [9.17, 15) is 9.18 Å². The maximum atomic E-state index is 13.1. The lowest BCUT2D eigenvalue weighted by molar-refractivity contribution is 0.0693. The van der Waals surface area contributed by atoms with Crippen molar-refractivity contribution in [1.82, 2.24) is 0 Å². The van der Waals surface area contributed by atoms with Crippen molar-refractivity contribution in [1.29, 1.82) is 5.26 Å². The van der Waals surface area contributed by atoms with Crippen LogP contribution in [0.4, 0.5) is 4.39 Å². The highest BCUT2D eigenvalue weighted by Crippen LogP contribution is 2.16. The molecule has 5 nitrogen and oxygen atoms in total. The first kappa shape index (κ1) is 13.9. The molecule has 0 bridgehead atoms. The number of halogens is 1. The average Bonchev–Trinajstić information content (AvgIpc) is 2.33. The molecule has 18 heavy (non-hydrogen) atoms. The van der Waals surface area contributed by atoms with Gasteiger partial charge in [0, 0.05) is 6.07 Å². The van der Waals surface area contributed by atoms with Crippen LogP contribution in [0, 0.1) is 17.1 Å². The fourth-order valence-corrected chi connectivity index (χ4v) is 1.19. The number of benzene rings is 1. The van der Waals surface area contributed by atoms with Crippen LogP contribution >= 0.6 is 0 Å². The molecule has 0 aliphatic carbocycles. The zero-order valence-corrected chi connectivity index (χ0v) is 9.72. The van der Waals surface area contributed by atoms with E-state index in [4.69, 9.17) is 19.8 Å². The van der Waals surface area contributed by atoms with Crippen molar-refractivity contribution in [2.24, 2.45) is 0 Å². The second kappa shape index (κ2) is 6.57. The van der Waals surface area contributed by atoms with Gasteiger partial charge in [-0.2, -0.15) is 5.26 Å². The van der Waals surface area contributed by atoms with E-state index in [1.54, 1.807) is 6.92 Å². The third-order valence-electron chi connectivity index (χ3n) is 2.02. The highest BCUT2D eigenvalue weighted by Gasteiger charge is 2.08. The SMILES string of the molecule is CC(C#N)OCCOc1cc(F)cc(C(=O)O)c1. The Kier molecular flexibility index (Phi) is 5.08. The van der Waals surface area contributed by atoms with Crippen LogP contribution < -0.4 is 4.74 Å².